The number of morpholine rings is 1. The highest BCUT2D eigenvalue weighted by Gasteiger charge is 2.29. The molecular formula is C19H21N5O2. The molecule has 3 heterocycles. The minimum atomic E-state index is -0.245. The van der Waals surface area contributed by atoms with Crippen LogP contribution in [0.4, 0.5) is 5.69 Å². The van der Waals surface area contributed by atoms with Crippen molar-refractivity contribution in [3.8, 4) is 0 Å². The summed E-state index contributed by atoms with van der Waals surface area (Å²) in [6.45, 7) is 3.43. The molecule has 134 valence electrons. The highest BCUT2D eigenvalue weighted by Crippen LogP contribution is 2.25. The van der Waals surface area contributed by atoms with Crippen LogP contribution in [0.25, 0.3) is 10.9 Å². The Morgan fingerprint density at radius 3 is 3.04 bits per heavy atom. The van der Waals surface area contributed by atoms with Gasteiger partial charge in [-0.2, -0.15) is 5.10 Å². The number of fused-ring (bicyclic) bond motifs is 1. The zero-order valence-electron chi connectivity index (χ0n) is 14.8. The number of carbonyl (C=O) groups excluding carboxylic acids is 1. The third-order valence-electron chi connectivity index (χ3n) is 4.62. The fraction of sp³-hybridized carbons (Fsp3) is 0.316. The minimum Gasteiger partial charge on any atom is -0.388 e. The highest BCUT2D eigenvalue weighted by molar-refractivity contribution is 6.04. The molecule has 0 aliphatic carbocycles. The predicted octanol–water partition coefficient (Wildman–Crippen LogP) is 2.52. The van der Waals surface area contributed by atoms with Crippen molar-refractivity contribution in [2.75, 3.05) is 32.1 Å². The number of H-pyrrole nitrogens is 1. The van der Waals surface area contributed by atoms with E-state index in [0.29, 0.717) is 25.4 Å². The van der Waals surface area contributed by atoms with E-state index < -0.39 is 0 Å². The van der Waals surface area contributed by atoms with Gasteiger partial charge >= 0.3 is 0 Å². The largest absolute Gasteiger partial charge is 0.388 e. The molecule has 0 unspecified atom stereocenters. The van der Waals surface area contributed by atoms with Gasteiger partial charge in [-0.05, 0) is 25.1 Å². The molecule has 2 aromatic heterocycles. The quantitative estimate of drug-likeness (QED) is 0.758. The summed E-state index contributed by atoms with van der Waals surface area (Å²) >= 11 is 0. The van der Waals surface area contributed by atoms with E-state index in [9.17, 15) is 4.79 Å². The van der Waals surface area contributed by atoms with Gasteiger partial charge in [-0.1, -0.05) is 18.2 Å². The zero-order chi connectivity index (χ0) is 18.1. The fourth-order valence-corrected chi connectivity index (χ4v) is 3.29. The SMILES string of the molecule is CNc1cc(C)nc([C@@H]2CN(C(=O)c3n[nH]c4ccccc34)CCO2)c1. The number of ether oxygens (including phenoxy) is 1. The summed E-state index contributed by atoms with van der Waals surface area (Å²) in [5, 5.41) is 11.1. The van der Waals surface area contributed by atoms with E-state index in [-0.39, 0.29) is 12.0 Å². The molecule has 1 fully saturated rings. The van der Waals surface area contributed by atoms with Gasteiger partial charge in [0, 0.05) is 30.4 Å². The van der Waals surface area contributed by atoms with Gasteiger partial charge < -0.3 is 15.0 Å². The number of aromatic nitrogens is 3. The van der Waals surface area contributed by atoms with E-state index in [1.165, 1.54) is 0 Å². The van der Waals surface area contributed by atoms with Gasteiger partial charge in [0.15, 0.2) is 5.69 Å². The van der Waals surface area contributed by atoms with Gasteiger partial charge in [-0.3, -0.25) is 14.9 Å². The third kappa shape index (κ3) is 3.01. The average molecular weight is 351 g/mol. The molecule has 7 nitrogen and oxygen atoms in total. The summed E-state index contributed by atoms with van der Waals surface area (Å²) in [5.74, 6) is -0.0859. The van der Waals surface area contributed by atoms with Crippen LogP contribution in [0.2, 0.25) is 0 Å². The monoisotopic (exact) mass is 351 g/mol. The Hall–Kier alpha value is -2.93. The van der Waals surface area contributed by atoms with Crippen LogP contribution in [0.15, 0.2) is 36.4 Å². The minimum absolute atomic E-state index is 0.0859. The number of aromatic amines is 1. The maximum atomic E-state index is 13.0. The van der Waals surface area contributed by atoms with Crippen molar-refractivity contribution in [2.24, 2.45) is 0 Å². The maximum absolute atomic E-state index is 13.0. The number of nitrogens with zero attached hydrogens (tertiary/aromatic N) is 3. The zero-order valence-corrected chi connectivity index (χ0v) is 14.8. The molecule has 0 bridgehead atoms. The van der Waals surface area contributed by atoms with Crippen molar-refractivity contribution in [1.29, 1.82) is 0 Å². The number of rotatable bonds is 3. The standard InChI is InChI=1S/C19H21N5O2/c1-12-9-13(20-2)10-16(21-12)17-11-24(7-8-26-17)19(25)18-14-5-3-4-6-15(14)22-23-18/h3-6,9-10,17H,7-8,11H2,1-2H3,(H,20,21)(H,22,23)/t17-/m0/s1. The number of nitrogens with one attached hydrogen (secondary N) is 2. The lowest BCUT2D eigenvalue weighted by molar-refractivity contribution is -0.0248. The van der Waals surface area contributed by atoms with E-state index in [4.69, 9.17) is 4.74 Å². The molecule has 1 amide bonds. The van der Waals surface area contributed by atoms with Crippen molar-refractivity contribution in [3.05, 3.63) is 53.5 Å². The number of amides is 1. The van der Waals surface area contributed by atoms with Gasteiger partial charge in [-0.15, -0.1) is 0 Å². The first-order chi connectivity index (χ1) is 12.7. The number of hydrogen-bond donors (Lipinski definition) is 2. The number of pyridine rings is 1. The molecule has 1 atom stereocenters. The van der Waals surface area contributed by atoms with Gasteiger partial charge in [0.2, 0.25) is 0 Å². The second-order valence-corrected chi connectivity index (χ2v) is 6.40. The average Bonchev–Trinajstić information content (AvgIpc) is 3.11. The number of anilines is 1. The molecule has 4 rings (SSSR count). The second kappa shape index (κ2) is 6.76. The van der Waals surface area contributed by atoms with Crippen molar-refractivity contribution in [3.63, 3.8) is 0 Å². The summed E-state index contributed by atoms with van der Waals surface area (Å²) in [6, 6.07) is 11.6. The van der Waals surface area contributed by atoms with Crippen molar-refractivity contribution in [1.82, 2.24) is 20.1 Å². The van der Waals surface area contributed by atoms with Gasteiger partial charge in [0.25, 0.3) is 5.91 Å². The first kappa shape index (κ1) is 16.5. The molecule has 1 aliphatic rings. The van der Waals surface area contributed by atoms with Crippen LogP contribution in [-0.4, -0.2) is 52.7 Å². The van der Waals surface area contributed by atoms with E-state index in [1.807, 2.05) is 50.4 Å². The number of para-hydroxylation sites is 1. The van der Waals surface area contributed by atoms with Gasteiger partial charge in [0.1, 0.15) is 6.10 Å². The van der Waals surface area contributed by atoms with Crippen LogP contribution in [0.3, 0.4) is 0 Å². The third-order valence-corrected chi connectivity index (χ3v) is 4.62. The second-order valence-electron chi connectivity index (χ2n) is 6.40. The van der Waals surface area contributed by atoms with Crippen LogP contribution in [-0.2, 0) is 4.74 Å². The van der Waals surface area contributed by atoms with Crippen LogP contribution >= 0.6 is 0 Å². The number of benzene rings is 1. The molecule has 1 saturated heterocycles. The fourth-order valence-electron chi connectivity index (χ4n) is 3.29. The molecule has 26 heavy (non-hydrogen) atoms. The Morgan fingerprint density at radius 1 is 1.35 bits per heavy atom. The summed E-state index contributed by atoms with van der Waals surface area (Å²) in [7, 11) is 1.87. The normalized spacial score (nSPS) is 17.5. The Labute approximate surface area is 151 Å². The predicted molar refractivity (Wildman–Crippen MR) is 99.2 cm³/mol. The first-order valence-corrected chi connectivity index (χ1v) is 8.66. The Bertz CT molecular complexity index is 952. The van der Waals surface area contributed by atoms with Gasteiger partial charge in [0.05, 0.1) is 24.4 Å². The lowest BCUT2D eigenvalue weighted by Crippen LogP contribution is -2.42. The molecule has 0 radical (unpaired) electrons. The molecule has 7 heteroatoms. The maximum Gasteiger partial charge on any atom is 0.275 e. The Balaban J connectivity index is 1.59. The first-order valence-electron chi connectivity index (χ1n) is 8.66. The molecule has 1 aromatic carbocycles. The van der Waals surface area contributed by atoms with Crippen LogP contribution in [0.1, 0.15) is 28.0 Å². The topological polar surface area (TPSA) is 83.1 Å². The van der Waals surface area contributed by atoms with Gasteiger partial charge in [-0.25, -0.2) is 0 Å². The highest BCUT2D eigenvalue weighted by atomic mass is 16.5. The number of hydrogen-bond acceptors (Lipinski definition) is 5. The lowest BCUT2D eigenvalue weighted by atomic mass is 10.1. The lowest BCUT2D eigenvalue weighted by Gasteiger charge is -2.32. The van der Waals surface area contributed by atoms with Crippen molar-refractivity contribution in [2.45, 2.75) is 13.0 Å². The summed E-state index contributed by atoms with van der Waals surface area (Å²) in [6.07, 6.45) is -0.245. The summed E-state index contributed by atoms with van der Waals surface area (Å²) in [4.78, 5) is 19.4. The number of aryl methyl sites for hydroxylation is 1. The van der Waals surface area contributed by atoms with E-state index in [2.05, 4.69) is 20.5 Å². The van der Waals surface area contributed by atoms with Crippen LogP contribution < -0.4 is 5.32 Å². The molecule has 1 aliphatic heterocycles. The van der Waals surface area contributed by atoms with Crippen LogP contribution in [0, 0.1) is 6.92 Å². The number of carbonyl (C=O) groups is 1. The smallest absolute Gasteiger partial charge is 0.275 e. The summed E-state index contributed by atoms with van der Waals surface area (Å²) < 4.78 is 5.89. The molecule has 0 spiro atoms. The Morgan fingerprint density at radius 2 is 2.19 bits per heavy atom. The van der Waals surface area contributed by atoms with Crippen molar-refractivity contribution < 1.29 is 9.53 Å². The Kier molecular flexibility index (Phi) is 4.30. The van der Waals surface area contributed by atoms with Crippen LogP contribution in [0.5, 0.6) is 0 Å². The molecular weight excluding hydrogens is 330 g/mol. The van der Waals surface area contributed by atoms with E-state index in [0.717, 1.165) is 28.0 Å². The molecule has 0 saturated carbocycles. The molecule has 3 aromatic rings. The molecule has 2 N–H and O–H groups in total. The van der Waals surface area contributed by atoms with Crippen molar-refractivity contribution >= 4 is 22.5 Å². The summed E-state index contributed by atoms with van der Waals surface area (Å²) in [5.41, 5.74) is 4.04. The van der Waals surface area contributed by atoms with E-state index >= 15 is 0 Å². The van der Waals surface area contributed by atoms with E-state index in [1.54, 1.807) is 4.90 Å².